The highest BCUT2D eigenvalue weighted by Crippen LogP contribution is 2.41. The van der Waals surface area contributed by atoms with Gasteiger partial charge < -0.3 is 4.90 Å². The van der Waals surface area contributed by atoms with Gasteiger partial charge in [-0.3, -0.25) is 4.79 Å². The molecule has 2 aromatic rings. The first-order valence-electron chi connectivity index (χ1n) is 6.38. The van der Waals surface area contributed by atoms with Crippen LogP contribution < -0.4 is 4.90 Å². The number of carbonyl (C=O) groups is 1. The molecule has 0 saturated carbocycles. The van der Waals surface area contributed by atoms with Gasteiger partial charge in [0.1, 0.15) is 5.82 Å². The normalized spacial score (nSPS) is 17.7. The molecule has 0 fully saturated rings. The van der Waals surface area contributed by atoms with Crippen LogP contribution in [0.15, 0.2) is 48.5 Å². The second kappa shape index (κ2) is 4.50. The highest BCUT2D eigenvalue weighted by Gasteiger charge is 2.37. The largest absolute Gasteiger partial charge is 0.312 e. The predicted octanol–water partition coefficient (Wildman–Crippen LogP) is 3.32. The van der Waals surface area contributed by atoms with Gasteiger partial charge in [0, 0.05) is 12.2 Å². The van der Waals surface area contributed by atoms with Crippen molar-refractivity contribution in [3.8, 4) is 0 Å². The maximum atomic E-state index is 13.5. The monoisotopic (exact) mass is 255 g/mol. The van der Waals surface area contributed by atoms with Crippen LogP contribution in [-0.2, 0) is 4.79 Å². The molecule has 3 rings (SSSR count). The quantitative estimate of drug-likeness (QED) is 0.806. The molecule has 3 heteroatoms. The van der Waals surface area contributed by atoms with Crippen molar-refractivity contribution in [3.05, 3.63) is 65.5 Å². The number of fused-ring (bicyclic) bond motifs is 1. The molecule has 1 heterocycles. The number of hydrogen-bond donors (Lipinski definition) is 0. The maximum Gasteiger partial charge on any atom is 0.239 e. The van der Waals surface area contributed by atoms with E-state index in [0.29, 0.717) is 6.54 Å². The van der Waals surface area contributed by atoms with Gasteiger partial charge in [-0.1, -0.05) is 30.3 Å². The molecule has 1 aliphatic heterocycles. The smallest absolute Gasteiger partial charge is 0.239 e. The van der Waals surface area contributed by atoms with Gasteiger partial charge in [-0.05, 0) is 36.2 Å². The summed E-state index contributed by atoms with van der Waals surface area (Å²) in [7, 11) is 0. The first-order valence-corrected chi connectivity index (χ1v) is 6.38. The Morgan fingerprint density at radius 1 is 1.16 bits per heavy atom. The van der Waals surface area contributed by atoms with Crippen LogP contribution in [0.2, 0.25) is 0 Å². The Kier molecular flexibility index (Phi) is 2.82. The molecule has 96 valence electrons. The second-order valence-electron chi connectivity index (χ2n) is 4.63. The standard InChI is InChI=1S/C16H14FNO/c1-2-18-14-9-8-12(17)10-13(14)15(16(18)19)11-6-4-3-5-7-11/h3-10,15H,2H2,1H3. The first-order chi connectivity index (χ1) is 9.22. The molecule has 0 aromatic heterocycles. The Hall–Kier alpha value is -2.16. The molecule has 2 nitrogen and oxygen atoms in total. The summed E-state index contributed by atoms with van der Waals surface area (Å²) in [5, 5.41) is 0. The van der Waals surface area contributed by atoms with Gasteiger partial charge in [-0.2, -0.15) is 0 Å². The van der Waals surface area contributed by atoms with E-state index in [9.17, 15) is 9.18 Å². The van der Waals surface area contributed by atoms with E-state index in [1.807, 2.05) is 37.3 Å². The number of hydrogen-bond acceptors (Lipinski definition) is 1. The van der Waals surface area contributed by atoms with Gasteiger partial charge in [0.15, 0.2) is 0 Å². The van der Waals surface area contributed by atoms with Crippen molar-refractivity contribution in [1.82, 2.24) is 0 Å². The summed E-state index contributed by atoms with van der Waals surface area (Å²) in [5.41, 5.74) is 2.50. The molecule has 1 amide bonds. The summed E-state index contributed by atoms with van der Waals surface area (Å²) in [6, 6.07) is 14.1. The molecule has 0 saturated heterocycles. The minimum absolute atomic E-state index is 0.0225. The number of nitrogens with zero attached hydrogens (tertiary/aromatic N) is 1. The molecule has 0 N–H and O–H groups in total. The predicted molar refractivity (Wildman–Crippen MR) is 72.7 cm³/mol. The third kappa shape index (κ3) is 1.82. The summed E-state index contributed by atoms with van der Waals surface area (Å²) in [6.07, 6.45) is 0. The number of rotatable bonds is 2. The van der Waals surface area contributed by atoms with Crippen molar-refractivity contribution in [3.63, 3.8) is 0 Å². The summed E-state index contributed by atoms with van der Waals surface area (Å²) in [5.74, 6) is -0.661. The van der Waals surface area contributed by atoms with Crippen LogP contribution in [0, 0.1) is 5.82 Å². The molecule has 19 heavy (non-hydrogen) atoms. The van der Waals surface area contributed by atoms with Crippen molar-refractivity contribution in [2.24, 2.45) is 0 Å². The van der Waals surface area contributed by atoms with Crippen LogP contribution >= 0.6 is 0 Å². The van der Waals surface area contributed by atoms with E-state index < -0.39 is 0 Å². The van der Waals surface area contributed by atoms with Crippen LogP contribution in [0.25, 0.3) is 0 Å². The lowest BCUT2D eigenvalue weighted by molar-refractivity contribution is -0.118. The number of halogens is 1. The van der Waals surface area contributed by atoms with Crippen molar-refractivity contribution in [2.45, 2.75) is 12.8 Å². The number of carbonyl (C=O) groups excluding carboxylic acids is 1. The second-order valence-corrected chi connectivity index (χ2v) is 4.63. The first kappa shape index (κ1) is 11.9. The zero-order valence-electron chi connectivity index (χ0n) is 10.6. The average molecular weight is 255 g/mol. The highest BCUT2D eigenvalue weighted by atomic mass is 19.1. The summed E-state index contributed by atoms with van der Waals surface area (Å²) >= 11 is 0. The zero-order valence-corrected chi connectivity index (χ0v) is 10.6. The Morgan fingerprint density at radius 2 is 1.89 bits per heavy atom. The summed E-state index contributed by atoms with van der Waals surface area (Å²) in [6.45, 7) is 2.53. The molecule has 2 aromatic carbocycles. The lowest BCUT2D eigenvalue weighted by Crippen LogP contribution is -2.28. The van der Waals surface area contributed by atoms with Crippen molar-refractivity contribution >= 4 is 11.6 Å². The van der Waals surface area contributed by atoms with Crippen molar-refractivity contribution < 1.29 is 9.18 Å². The minimum Gasteiger partial charge on any atom is -0.312 e. The third-order valence-electron chi connectivity index (χ3n) is 3.55. The maximum absolute atomic E-state index is 13.5. The molecule has 1 atom stereocenters. The molecule has 1 aliphatic rings. The fourth-order valence-electron chi connectivity index (χ4n) is 2.70. The Labute approximate surface area is 111 Å². The summed E-state index contributed by atoms with van der Waals surface area (Å²) < 4.78 is 13.5. The number of likely N-dealkylation sites (N-methyl/N-ethyl adjacent to an activating group) is 1. The van der Waals surface area contributed by atoms with Gasteiger partial charge in [0.2, 0.25) is 5.91 Å². The Balaban J connectivity index is 2.17. The van der Waals surface area contributed by atoms with E-state index in [0.717, 1.165) is 16.8 Å². The summed E-state index contributed by atoms with van der Waals surface area (Å²) in [4.78, 5) is 14.2. The van der Waals surface area contributed by atoms with Crippen LogP contribution in [0.4, 0.5) is 10.1 Å². The van der Waals surface area contributed by atoms with E-state index in [1.165, 1.54) is 12.1 Å². The topological polar surface area (TPSA) is 20.3 Å². The third-order valence-corrected chi connectivity index (χ3v) is 3.55. The highest BCUT2D eigenvalue weighted by molar-refractivity contribution is 6.06. The molecule has 0 bridgehead atoms. The zero-order chi connectivity index (χ0) is 13.4. The molecule has 0 aliphatic carbocycles. The van der Waals surface area contributed by atoms with Gasteiger partial charge in [-0.15, -0.1) is 0 Å². The Morgan fingerprint density at radius 3 is 2.58 bits per heavy atom. The fraction of sp³-hybridized carbons (Fsp3) is 0.188. The molecular weight excluding hydrogens is 241 g/mol. The van der Waals surface area contributed by atoms with Gasteiger partial charge in [-0.25, -0.2) is 4.39 Å². The average Bonchev–Trinajstić information content (AvgIpc) is 2.70. The van der Waals surface area contributed by atoms with Crippen LogP contribution in [-0.4, -0.2) is 12.5 Å². The lowest BCUT2D eigenvalue weighted by atomic mass is 9.93. The minimum atomic E-state index is -0.383. The molecule has 0 spiro atoms. The van der Waals surface area contributed by atoms with Gasteiger partial charge in [0.25, 0.3) is 0 Å². The number of anilines is 1. The van der Waals surface area contributed by atoms with Crippen molar-refractivity contribution in [2.75, 3.05) is 11.4 Å². The van der Waals surface area contributed by atoms with Gasteiger partial charge in [0.05, 0.1) is 5.92 Å². The van der Waals surface area contributed by atoms with E-state index in [4.69, 9.17) is 0 Å². The van der Waals surface area contributed by atoms with E-state index in [1.54, 1.807) is 11.0 Å². The number of benzene rings is 2. The Bertz CT molecular complexity index is 624. The molecule has 0 radical (unpaired) electrons. The van der Waals surface area contributed by atoms with Crippen LogP contribution in [0.1, 0.15) is 24.0 Å². The SMILES string of the molecule is CCN1C(=O)C(c2ccccc2)c2cc(F)ccc21. The van der Waals surface area contributed by atoms with Crippen molar-refractivity contribution in [1.29, 1.82) is 0 Å². The number of amides is 1. The molecular formula is C16H14FNO. The van der Waals surface area contributed by atoms with Gasteiger partial charge >= 0.3 is 0 Å². The molecule has 1 unspecified atom stereocenters. The van der Waals surface area contributed by atoms with E-state index >= 15 is 0 Å². The van der Waals surface area contributed by atoms with E-state index in [-0.39, 0.29) is 17.6 Å². The van der Waals surface area contributed by atoms with E-state index in [2.05, 4.69) is 0 Å². The fourth-order valence-corrected chi connectivity index (χ4v) is 2.70. The van der Waals surface area contributed by atoms with Crippen LogP contribution in [0.5, 0.6) is 0 Å². The lowest BCUT2D eigenvalue weighted by Gasteiger charge is -2.15. The van der Waals surface area contributed by atoms with Crippen LogP contribution in [0.3, 0.4) is 0 Å².